The summed E-state index contributed by atoms with van der Waals surface area (Å²) in [6, 6.07) is 21.2. The molecule has 5 aromatic carbocycles. The maximum atomic E-state index is 12.7. The van der Waals surface area contributed by atoms with E-state index in [1.807, 2.05) is 12.2 Å². The number of fused-ring (bicyclic) bond motifs is 3. The molecule has 0 nitrogen and oxygen atoms in total. The number of alkyl halides is 6. The van der Waals surface area contributed by atoms with Crippen LogP contribution in [-0.4, -0.2) is 3.26 Å². The number of aryl methyl sites for hydroxylation is 2. The van der Waals surface area contributed by atoms with Gasteiger partial charge < -0.3 is 24.8 Å². The monoisotopic (exact) mass is 922 g/mol. The Morgan fingerprint density at radius 2 is 1.04 bits per heavy atom. The van der Waals surface area contributed by atoms with Gasteiger partial charge in [0.2, 0.25) is 0 Å². The fraction of sp³-hybridized carbons (Fsp3) is 0.302. The van der Waals surface area contributed by atoms with Crippen molar-refractivity contribution in [1.82, 2.24) is 0 Å². The van der Waals surface area contributed by atoms with E-state index in [2.05, 4.69) is 97.9 Å². The van der Waals surface area contributed by atoms with Gasteiger partial charge in [0, 0.05) is 0 Å². The van der Waals surface area contributed by atoms with Gasteiger partial charge in [0.15, 0.2) is 0 Å². The molecule has 0 radical (unpaired) electrons. The Morgan fingerprint density at radius 1 is 0.635 bits per heavy atom. The van der Waals surface area contributed by atoms with Crippen molar-refractivity contribution in [3.05, 3.63) is 148 Å². The molecule has 52 heavy (non-hydrogen) atoms. The van der Waals surface area contributed by atoms with Crippen molar-refractivity contribution in [2.45, 2.75) is 85.0 Å². The summed E-state index contributed by atoms with van der Waals surface area (Å²) in [7, 11) is 0. The summed E-state index contributed by atoms with van der Waals surface area (Å²) < 4.78 is 76.7. The molecule has 6 rings (SSSR count). The summed E-state index contributed by atoms with van der Waals surface area (Å²) >= 11 is 0.316. The van der Waals surface area contributed by atoms with E-state index in [1.165, 1.54) is 68.1 Å². The summed E-state index contributed by atoms with van der Waals surface area (Å²) in [6.07, 6.45) is 1.04. The second kappa shape index (κ2) is 17.5. The SMILES string of the molecule is Cc1cc2[cH-]c3cc(C)c(C(C)(C)C)cc3c2cc1C(C)(C)C.FC(F)(F)c1cccc([C](=[Hf+2])c2cccc(C(F)(F)F)c2)c1.[C-]1=CC=CC1.[Cl-].[Cl-]. The van der Waals surface area contributed by atoms with Crippen LogP contribution in [0.1, 0.15) is 92.5 Å². The van der Waals surface area contributed by atoms with Crippen LogP contribution in [0.25, 0.3) is 21.5 Å². The van der Waals surface area contributed by atoms with Crippen molar-refractivity contribution in [3.8, 4) is 0 Å². The van der Waals surface area contributed by atoms with Gasteiger partial charge in [-0.1, -0.05) is 75.9 Å². The van der Waals surface area contributed by atoms with Gasteiger partial charge in [-0.25, -0.2) is 12.2 Å². The Bertz CT molecular complexity index is 1920. The van der Waals surface area contributed by atoms with Crippen LogP contribution in [0, 0.1) is 19.9 Å². The van der Waals surface area contributed by atoms with E-state index in [0.29, 0.717) is 38.3 Å². The molecule has 0 fully saturated rings. The van der Waals surface area contributed by atoms with E-state index in [-0.39, 0.29) is 35.6 Å². The Kier molecular flexibility index (Phi) is 15.3. The topological polar surface area (TPSA) is 0 Å². The van der Waals surface area contributed by atoms with Crippen LogP contribution in [0.4, 0.5) is 26.3 Å². The quantitative estimate of drug-likeness (QED) is 0.101. The first-order chi connectivity index (χ1) is 23.1. The van der Waals surface area contributed by atoms with Crippen molar-refractivity contribution in [3.63, 3.8) is 0 Å². The average molecular weight is 922 g/mol. The second-order valence-corrected chi connectivity index (χ2v) is 16.5. The number of rotatable bonds is 2. The minimum atomic E-state index is -4.48. The predicted octanol–water partition coefficient (Wildman–Crippen LogP) is 7.08. The Balaban J connectivity index is 0.000000307. The zero-order valence-corrected chi connectivity index (χ0v) is 35.6. The molecule has 1 aliphatic rings. The van der Waals surface area contributed by atoms with Crippen LogP contribution in [0.2, 0.25) is 0 Å². The molecule has 0 N–H and O–H groups in total. The summed E-state index contributed by atoms with van der Waals surface area (Å²) in [6.45, 7) is 18.3. The Morgan fingerprint density at radius 3 is 1.33 bits per heavy atom. The summed E-state index contributed by atoms with van der Waals surface area (Å²) in [4.78, 5) is 0. The van der Waals surface area contributed by atoms with Gasteiger partial charge >= 0.3 is 137 Å². The molecule has 276 valence electrons. The molecule has 0 aromatic heterocycles. The third-order valence-corrected chi connectivity index (χ3v) is 10.6. The zero-order chi connectivity index (χ0) is 37.2. The summed E-state index contributed by atoms with van der Waals surface area (Å²) in [5, 5.41) is 5.55. The van der Waals surface area contributed by atoms with Gasteiger partial charge in [-0.2, -0.15) is 6.08 Å². The minimum absolute atomic E-state index is 0. The fourth-order valence-electron chi connectivity index (χ4n) is 6.16. The molecule has 0 atom stereocenters. The second-order valence-electron chi connectivity index (χ2n) is 14.7. The molecule has 0 aliphatic heterocycles. The van der Waals surface area contributed by atoms with E-state index < -0.39 is 23.5 Å². The molecular weight excluding hydrogens is 880 g/mol. The maximum absolute atomic E-state index is 12.7. The van der Waals surface area contributed by atoms with Gasteiger partial charge in [-0.05, 0) is 24.7 Å². The molecule has 0 heterocycles. The molecule has 9 heteroatoms. The minimum Gasteiger partial charge on any atom is -1.00 e. The summed E-state index contributed by atoms with van der Waals surface area (Å²) in [5.41, 5.74) is 5.02. The van der Waals surface area contributed by atoms with Crippen LogP contribution in [-0.2, 0) is 47.1 Å². The van der Waals surface area contributed by atoms with Crippen LogP contribution in [0.15, 0.2) is 97.1 Å². The predicted molar refractivity (Wildman–Crippen MR) is 192 cm³/mol. The number of hydrogen-bond acceptors (Lipinski definition) is 0. The van der Waals surface area contributed by atoms with Crippen LogP contribution >= 0.6 is 0 Å². The molecule has 5 aromatic rings. The summed E-state index contributed by atoms with van der Waals surface area (Å²) in [5.74, 6) is 0. The Hall–Kier alpha value is -2.87. The molecule has 0 saturated carbocycles. The number of halogens is 8. The van der Waals surface area contributed by atoms with E-state index in [0.717, 1.165) is 30.7 Å². The maximum Gasteiger partial charge on any atom is -0.109 e. The van der Waals surface area contributed by atoms with Crippen molar-refractivity contribution >= 4 is 24.8 Å². The third-order valence-electron chi connectivity index (χ3n) is 8.55. The number of hydrogen-bond donors (Lipinski definition) is 0. The van der Waals surface area contributed by atoms with Crippen LogP contribution in [0.5, 0.6) is 0 Å². The average Bonchev–Trinajstić information content (AvgIpc) is 3.70. The molecular formula is C43H42Cl2F6Hf-2. The van der Waals surface area contributed by atoms with Crippen molar-refractivity contribution in [1.29, 1.82) is 0 Å². The largest absolute Gasteiger partial charge is 1.00 e. The van der Waals surface area contributed by atoms with Crippen LogP contribution < -0.4 is 24.8 Å². The molecule has 0 bridgehead atoms. The standard InChI is InChI=1S/C23H29.C15H8F6.C5H5.2ClH.Hf/c1-14-9-16-11-17-10-15(2)21(23(6,7)8)13-19(17)18(16)12-20(14)22(3,4)5;16-14(17,18)12-5-1-3-10(8-12)7-11-4-2-6-13(9-11)15(19,20)21;1-2-4-5-3-1;;;/h9-13H,1-8H3;1-6,8-9H;1-3H,4H2;2*1H;/q-1;;-1;;;+2/p-2. The normalized spacial score (nSPS) is 12.8. The number of allylic oxidation sites excluding steroid dienone is 4. The van der Waals surface area contributed by atoms with Crippen LogP contribution in [0.3, 0.4) is 0 Å². The van der Waals surface area contributed by atoms with Crippen molar-refractivity contribution in [2.75, 3.05) is 0 Å². The fourth-order valence-corrected chi connectivity index (χ4v) is 7.28. The zero-order valence-electron chi connectivity index (χ0n) is 30.5. The third kappa shape index (κ3) is 11.3. The molecule has 0 unspecified atom stereocenters. The van der Waals surface area contributed by atoms with Crippen molar-refractivity contribution in [2.24, 2.45) is 0 Å². The van der Waals surface area contributed by atoms with E-state index in [1.54, 1.807) is 0 Å². The van der Waals surface area contributed by atoms with Gasteiger partial charge in [0.1, 0.15) is 0 Å². The first-order valence-corrected chi connectivity index (χ1v) is 18.2. The first-order valence-electron chi connectivity index (χ1n) is 16.4. The Labute approximate surface area is 330 Å². The van der Waals surface area contributed by atoms with E-state index in [4.69, 9.17) is 0 Å². The van der Waals surface area contributed by atoms with E-state index >= 15 is 0 Å². The van der Waals surface area contributed by atoms with Gasteiger partial charge in [0.25, 0.3) is 0 Å². The number of benzene rings is 4. The molecule has 1 aliphatic carbocycles. The van der Waals surface area contributed by atoms with Gasteiger partial charge in [-0.15, -0.1) is 46.2 Å². The van der Waals surface area contributed by atoms with Gasteiger partial charge in [-0.3, -0.25) is 6.08 Å². The molecule has 0 amide bonds. The van der Waals surface area contributed by atoms with Crippen molar-refractivity contribution < 1.29 is 75.0 Å². The van der Waals surface area contributed by atoms with E-state index in [9.17, 15) is 26.3 Å². The molecule has 0 saturated heterocycles. The van der Waals surface area contributed by atoms with Gasteiger partial charge in [0.05, 0.1) is 0 Å². The molecule has 0 spiro atoms. The smallest absolute Gasteiger partial charge is 0.109 e. The first kappa shape index (κ1) is 45.3.